The molecule has 2 aliphatic heterocycles. The van der Waals surface area contributed by atoms with E-state index in [4.69, 9.17) is 11.1 Å². The Bertz CT molecular complexity index is 179. The summed E-state index contributed by atoms with van der Waals surface area (Å²) in [7, 11) is 0. The Hall–Kier alpha value is -0.410. The summed E-state index contributed by atoms with van der Waals surface area (Å²) in [6, 6.07) is 0. The molecule has 3 nitrogen and oxygen atoms in total. The smallest absolute Gasteiger partial charge is 0.107 e. The predicted octanol–water partition coefficient (Wildman–Crippen LogP) is -0.183. The lowest BCUT2D eigenvalue weighted by atomic mass is 9.89. The molecule has 50 valence electrons. The minimum absolute atomic E-state index is 0.172. The van der Waals surface area contributed by atoms with Crippen LogP contribution in [0.3, 0.4) is 0 Å². The molecule has 3 heteroatoms. The molecule has 2 bridgehead atoms. The lowest BCUT2D eigenvalue weighted by Crippen LogP contribution is -2.70. The fraction of sp³-hybridized carbons (Fsp3) is 0.833. The molecule has 0 radical (unpaired) electrons. The van der Waals surface area contributed by atoms with Crippen molar-refractivity contribution in [2.45, 2.75) is 31.0 Å². The first-order valence-electron chi connectivity index (χ1n) is 3.20. The van der Waals surface area contributed by atoms with Crippen LogP contribution in [0.4, 0.5) is 0 Å². The Balaban J connectivity index is 2.34. The summed E-state index contributed by atoms with van der Waals surface area (Å²) in [5.74, 6) is 0. The maximum atomic E-state index is 7.43. The number of nitrogens with two attached hydrogens (primary N) is 1. The van der Waals surface area contributed by atoms with E-state index in [2.05, 4.69) is 12.2 Å². The zero-order chi connectivity index (χ0) is 6.70. The molecule has 0 spiro atoms. The number of rotatable bonds is 0. The molecular weight excluding hydrogens is 114 g/mol. The van der Waals surface area contributed by atoms with Crippen LogP contribution in [0.2, 0.25) is 0 Å². The van der Waals surface area contributed by atoms with Crippen molar-refractivity contribution >= 4 is 5.71 Å². The normalized spacial score (nSPS) is 55.6. The standard InChI is InChI=1S/C6H11N3/c1-5-2-4(7)6(8,3-5)9-5/h7,9H,2-3,8H2,1H3. The highest BCUT2D eigenvalue weighted by Gasteiger charge is 2.59. The summed E-state index contributed by atoms with van der Waals surface area (Å²) >= 11 is 0. The van der Waals surface area contributed by atoms with Gasteiger partial charge in [0, 0.05) is 24.1 Å². The second kappa shape index (κ2) is 1.07. The first-order chi connectivity index (χ1) is 4.04. The summed E-state index contributed by atoms with van der Waals surface area (Å²) in [6.45, 7) is 2.11. The molecule has 1 aliphatic carbocycles. The molecule has 3 aliphatic rings. The third-order valence-corrected chi connectivity index (χ3v) is 2.30. The van der Waals surface area contributed by atoms with E-state index in [1.807, 2.05) is 0 Å². The molecule has 2 heterocycles. The fourth-order valence-corrected chi connectivity index (χ4v) is 1.97. The van der Waals surface area contributed by atoms with Crippen LogP contribution in [0.1, 0.15) is 19.8 Å². The minimum atomic E-state index is -0.408. The molecule has 1 saturated carbocycles. The van der Waals surface area contributed by atoms with E-state index in [-0.39, 0.29) is 5.54 Å². The van der Waals surface area contributed by atoms with Crippen molar-refractivity contribution in [1.82, 2.24) is 5.32 Å². The van der Waals surface area contributed by atoms with Crippen LogP contribution >= 0.6 is 0 Å². The third kappa shape index (κ3) is 0.465. The van der Waals surface area contributed by atoms with Crippen LogP contribution in [0, 0.1) is 5.41 Å². The van der Waals surface area contributed by atoms with E-state index in [9.17, 15) is 0 Å². The summed E-state index contributed by atoms with van der Waals surface area (Å²) in [5, 5.41) is 10.6. The van der Waals surface area contributed by atoms with Gasteiger partial charge in [-0.15, -0.1) is 0 Å². The summed E-state index contributed by atoms with van der Waals surface area (Å²) in [5.41, 5.74) is 6.17. The fourth-order valence-electron chi connectivity index (χ4n) is 1.97. The van der Waals surface area contributed by atoms with Gasteiger partial charge in [0.2, 0.25) is 0 Å². The second-order valence-electron chi connectivity index (χ2n) is 3.49. The quantitative estimate of drug-likeness (QED) is 0.420. The van der Waals surface area contributed by atoms with E-state index in [1.165, 1.54) is 0 Å². The van der Waals surface area contributed by atoms with Crippen molar-refractivity contribution in [3.8, 4) is 0 Å². The van der Waals surface area contributed by atoms with Gasteiger partial charge in [-0.05, 0) is 6.92 Å². The van der Waals surface area contributed by atoms with Gasteiger partial charge >= 0.3 is 0 Å². The molecular formula is C6H11N3. The molecule has 4 N–H and O–H groups in total. The van der Waals surface area contributed by atoms with Crippen LogP contribution in [0.5, 0.6) is 0 Å². The van der Waals surface area contributed by atoms with Gasteiger partial charge in [0.05, 0.1) is 0 Å². The molecule has 2 unspecified atom stereocenters. The maximum Gasteiger partial charge on any atom is 0.107 e. The minimum Gasteiger partial charge on any atom is -0.308 e. The Labute approximate surface area is 54.1 Å². The van der Waals surface area contributed by atoms with Gasteiger partial charge in [-0.3, -0.25) is 5.32 Å². The SMILES string of the molecule is CC12CC(=N)C(N)(C1)N2. The lowest BCUT2D eigenvalue weighted by molar-refractivity contribution is 0.168. The van der Waals surface area contributed by atoms with Crippen molar-refractivity contribution in [1.29, 1.82) is 5.41 Å². The summed E-state index contributed by atoms with van der Waals surface area (Å²) < 4.78 is 0. The Kier molecular flexibility index (Phi) is 0.637. The van der Waals surface area contributed by atoms with Gasteiger partial charge in [-0.2, -0.15) is 0 Å². The molecule has 9 heavy (non-hydrogen) atoms. The van der Waals surface area contributed by atoms with Gasteiger partial charge in [-0.25, -0.2) is 0 Å². The van der Waals surface area contributed by atoms with Crippen molar-refractivity contribution in [2.75, 3.05) is 0 Å². The van der Waals surface area contributed by atoms with Crippen LogP contribution in [-0.4, -0.2) is 16.9 Å². The molecule has 0 amide bonds. The van der Waals surface area contributed by atoms with E-state index in [0.29, 0.717) is 5.71 Å². The van der Waals surface area contributed by atoms with Crippen LogP contribution in [-0.2, 0) is 0 Å². The van der Waals surface area contributed by atoms with Gasteiger partial charge in [-0.1, -0.05) is 0 Å². The average molecular weight is 125 g/mol. The predicted molar refractivity (Wildman–Crippen MR) is 35.4 cm³/mol. The molecule has 3 rings (SSSR count). The number of nitrogens with one attached hydrogen (secondary N) is 2. The van der Waals surface area contributed by atoms with Gasteiger partial charge in [0.25, 0.3) is 0 Å². The average Bonchev–Trinajstić information content (AvgIpc) is 1.85. The van der Waals surface area contributed by atoms with Gasteiger partial charge in [0.15, 0.2) is 0 Å². The van der Waals surface area contributed by atoms with E-state index >= 15 is 0 Å². The van der Waals surface area contributed by atoms with Crippen LogP contribution < -0.4 is 11.1 Å². The first-order valence-corrected chi connectivity index (χ1v) is 3.20. The Morgan fingerprint density at radius 1 is 1.78 bits per heavy atom. The van der Waals surface area contributed by atoms with Crippen molar-refractivity contribution in [3.63, 3.8) is 0 Å². The highest BCUT2D eigenvalue weighted by atomic mass is 15.3. The zero-order valence-electron chi connectivity index (χ0n) is 5.49. The highest BCUT2D eigenvalue weighted by molar-refractivity contribution is 5.97. The molecule has 2 atom stereocenters. The maximum absolute atomic E-state index is 7.43. The zero-order valence-corrected chi connectivity index (χ0v) is 5.49. The van der Waals surface area contributed by atoms with Crippen molar-refractivity contribution in [2.24, 2.45) is 5.73 Å². The third-order valence-electron chi connectivity index (χ3n) is 2.30. The number of hydrogen-bond donors (Lipinski definition) is 3. The summed E-state index contributed by atoms with van der Waals surface area (Å²) in [4.78, 5) is 0. The van der Waals surface area contributed by atoms with Crippen molar-refractivity contribution < 1.29 is 0 Å². The van der Waals surface area contributed by atoms with Crippen LogP contribution in [0.15, 0.2) is 0 Å². The molecule has 0 aromatic heterocycles. The van der Waals surface area contributed by atoms with Crippen molar-refractivity contribution in [3.05, 3.63) is 0 Å². The number of fused-ring (bicyclic) bond motifs is 1. The van der Waals surface area contributed by atoms with E-state index in [1.54, 1.807) is 0 Å². The molecule has 3 fully saturated rings. The van der Waals surface area contributed by atoms with E-state index < -0.39 is 5.66 Å². The van der Waals surface area contributed by atoms with Gasteiger partial charge < -0.3 is 11.1 Å². The number of hydrogen-bond acceptors (Lipinski definition) is 3. The molecule has 0 aromatic rings. The monoisotopic (exact) mass is 125 g/mol. The van der Waals surface area contributed by atoms with Crippen LogP contribution in [0.25, 0.3) is 0 Å². The topological polar surface area (TPSA) is 61.9 Å². The second-order valence-corrected chi connectivity index (χ2v) is 3.49. The lowest BCUT2D eigenvalue weighted by Gasteiger charge is -2.43. The van der Waals surface area contributed by atoms with E-state index in [0.717, 1.165) is 12.8 Å². The largest absolute Gasteiger partial charge is 0.308 e. The molecule has 0 aromatic carbocycles. The highest BCUT2D eigenvalue weighted by Crippen LogP contribution is 2.42. The Morgan fingerprint density at radius 2 is 2.33 bits per heavy atom. The van der Waals surface area contributed by atoms with Gasteiger partial charge in [0.1, 0.15) is 5.66 Å². The summed E-state index contributed by atoms with van der Waals surface area (Å²) in [6.07, 6.45) is 1.78. The first kappa shape index (κ1) is 5.38. The Morgan fingerprint density at radius 3 is 2.44 bits per heavy atom. The molecule has 2 saturated heterocycles.